The summed E-state index contributed by atoms with van der Waals surface area (Å²) in [6, 6.07) is 11.6. The van der Waals surface area contributed by atoms with Gasteiger partial charge in [0.2, 0.25) is 10.0 Å². The largest absolute Gasteiger partial charge is 0.322 e. The topological polar surface area (TPSA) is 75.3 Å². The number of nitrogens with one attached hydrogen (secondary N) is 2. The van der Waals surface area contributed by atoms with Crippen molar-refractivity contribution in [2.24, 2.45) is 0 Å². The lowest BCUT2D eigenvalue weighted by molar-refractivity contribution is 0.102. The zero-order valence-corrected chi connectivity index (χ0v) is 16.3. The van der Waals surface area contributed by atoms with Crippen LogP contribution in [0.5, 0.6) is 0 Å². The van der Waals surface area contributed by atoms with E-state index >= 15 is 0 Å². The average Bonchev–Trinajstić information content (AvgIpc) is 2.56. The molecule has 2 N–H and O–H groups in total. The minimum Gasteiger partial charge on any atom is -0.322 e. The third-order valence-electron chi connectivity index (χ3n) is 3.19. The third kappa shape index (κ3) is 5.97. The highest BCUT2D eigenvalue weighted by molar-refractivity contribution is 9.10. The van der Waals surface area contributed by atoms with Crippen LogP contribution in [0.3, 0.4) is 0 Å². The first-order valence-electron chi connectivity index (χ1n) is 7.24. The fraction of sp³-hybridized carbons (Fsp3) is 0.118. The van der Waals surface area contributed by atoms with Crippen molar-refractivity contribution in [3.63, 3.8) is 0 Å². The summed E-state index contributed by atoms with van der Waals surface area (Å²) < 4.78 is 26.8. The lowest BCUT2D eigenvalue weighted by Gasteiger charge is -2.09. The number of halogens is 2. The second kappa shape index (κ2) is 8.62. The molecule has 0 atom stereocenters. The molecule has 0 saturated heterocycles. The Kier molecular flexibility index (Phi) is 6.78. The first-order chi connectivity index (χ1) is 11.8. The van der Waals surface area contributed by atoms with Crippen molar-refractivity contribution >= 4 is 49.1 Å². The number of carbonyl (C=O) groups excluding carboxylic acids is 1. The van der Waals surface area contributed by atoms with Crippen LogP contribution in [0.15, 0.2) is 59.6 Å². The van der Waals surface area contributed by atoms with Gasteiger partial charge in [0.05, 0.1) is 16.3 Å². The quantitative estimate of drug-likeness (QED) is 0.636. The number of carbonyl (C=O) groups is 1. The van der Waals surface area contributed by atoms with E-state index in [0.717, 1.165) is 4.47 Å². The van der Waals surface area contributed by atoms with Crippen LogP contribution < -0.4 is 10.0 Å². The molecule has 0 unspecified atom stereocenters. The van der Waals surface area contributed by atoms with Crippen LogP contribution in [0.1, 0.15) is 15.9 Å². The molecule has 0 aliphatic heterocycles. The van der Waals surface area contributed by atoms with Crippen molar-refractivity contribution < 1.29 is 13.2 Å². The van der Waals surface area contributed by atoms with Crippen LogP contribution in [0.25, 0.3) is 0 Å². The Hall–Kier alpha value is -1.67. The number of benzene rings is 2. The summed E-state index contributed by atoms with van der Waals surface area (Å²) in [4.78, 5) is 12.3. The summed E-state index contributed by atoms with van der Waals surface area (Å²) in [7, 11) is -3.42. The van der Waals surface area contributed by atoms with Gasteiger partial charge in [0.25, 0.3) is 5.91 Å². The van der Waals surface area contributed by atoms with Crippen LogP contribution in [-0.4, -0.2) is 20.9 Å². The Morgan fingerprint density at radius 3 is 2.52 bits per heavy atom. The Morgan fingerprint density at radius 2 is 1.88 bits per heavy atom. The number of hydrogen-bond acceptors (Lipinski definition) is 3. The summed E-state index contributed by atoms with van der Waals surface area (Å²) >= 11 is 9.33. The third-order valence-corrected chi connectivity index (χ3v) is 5.33. The number of hydrogen-bond donors (Lipinski definition) is 2. The molecule has 0 heterocycles. The zero-order valence-electron chi connectivity index (χ0n) is 13.1. The highest BCUT2D eigenvalue weighted by Gasteiger charge is 2.13. The highest BCUT2D eigenvalue weighted by atomic mass is 79.9. The Labute approximate surface area is 160 Å². The molecular formula is C17H16BrClN2O3S. The predicted octanol–water partition coefficient (Wildman–Crippen LogP) is 3.96. The van der Waals surface area contributed by atoms with E-state index in [4.69, 9.17) is 11.6 Å². The van der Waals surface area contributed by atoms with Gasteiger partial charge in [-0.2, -0.15) is 0 Å². The summed E-state index contributed by atoms with van der Waals surface area (Å²) in [5, 5.41) is 3.07. The molecule has 132 valence electrons. The van der Waals surface area contributed by atoms with E-state index < -0.39 is 10.0 Å². The molecule has 1 amide bonds. The van der Waals surface area contributed by atoms with E-state index in [1.165, 1.54) is 6.08 Å². The fourth-order valence-corrected chi connectivity index (χ4v) is 3.68. The van der Waals surface area contributed by atoms with Gasteiger partial charge < -0.3 is 5.32 Å². The van der Waals surface area contributed by atoms with Crippen LogP contribution in [0, 0.1) is 0 Å². The van der Waals surface area contributed by atoms with Gasteiger partial charge in [-0.05, 0) is 35.9 Å². The first kappa shape index (κ1) is 19.7. The molecular weight excluding hydrogens is 428 g/mol. The molecule has 0 spiro atoms. The van der Waals surface area contributed by atoms with E-state index in [-0.39, 0.29) is 18.2 Å². The van der Waals surface area contributed by atoms with Crippen molar-refractivity contribution in [1.82, 2.24) is 4.72 Å². The Balaban J connectivity index is 2.06. The molecule has 0 aliphatic rings. The molecule has 25 heavy (non-hydrogen) atoms. The van der Waals surface area contributed by atoms with Crippen molar-refractivity contribution in [1.29, 1.82) is 0 Å². The van der Waals surface area contributed by atoms with Gasteiger partial charge in [0.1, 0.15) is 0 Å². The minimum absolute atomic E-state index is 0.146. The van der Waals surface area contributed by atoms with Gasteiger partial charge in [0.15, 0.2) is 0 Å². The van der Waals surface area contributed by atoms with Crippen LogP contribution in [0.2, 0.25) is 5.02 Å². The van der Waals surface area contributed by atoms with Gasteiger partial charge >= 0.3 is 0 Å². The van der Waals surface area contributed by atoms with Crippen molar-refractivity contribution in [3.8, 4) is 0 Å². The molecule has 0 fully saturated rings. The van der Waals surface area contributed by atoms with E-state index in [2.05, 4.69) is 32.5 Å². The van der Waals surface area contributed by atoms with Gasteiger partial charge in [-0.3, -0.25) is 4.79 Å². The fourth-order valence-electron chi connectivity index (χ4n) is 2.01. The molecule has 2 aromatic carbocycles. The molecule has 8 heteroatoms. The second-order valence-electron chi connectivity index (χ2n) is 5.17. The van der Waals surface area contributed by atoms with Gasteiger partial charge in [0, 0.05) is 16.7 Å². The molecule has 2 aromatic rings. The standard InChI is InChI=1S/C17H16BrClN2O3S/c1-2-9-20-25(23,24)11-12-3-6-14(7-4-12)21-17(22)15-10-13(18)5-8-16(15)19/h2-8,10,20H,1,9,11H2,(H,21,22). The summed E-state index contributed by atoms with van der Waals surface area (Å²) in [6.07, 6.45) is 1.48. The number of anilines is 1. The van der Waals surface area contributed by atoms with E-state index in [9.17, 15) is 13.2 Å². The van der Waals surface area contributed by atoms with E-state index in [1.54, 1.807) is 42.5 Å². The normalized spacial score (nSPS) is 11.1. The molecule has 5 nitrogen and oxygen atoms in total. The lowest BCUT2D eigenvalue weighted by Crippen LogP contribution is -2.25. The van der Waals surface area contributed by atoms with Crippen LogP contribution in [0.4, 0.5) is 5.69 Å². The maximum Gasteiger partial charge on any atom is 0.257 e. The number of rotatable bonds is 7. The molecule has 0 aromatic heterocycles. The monoisotopic (exact) mass is 442 g/mol. The predicted molar refractivity (Wildman–Crippen MR) is 104 cm³/mol. The molecule has 0 bridgehead atoms. The maximum atomic E-state index is 12.3. The van der Waals surface area contributed by atoms with E-state index in [0.29, 0.717) is 21.8 Å². The SMILES string of the molecule is C=CCNS(=O)(=O)Cc1ccc(NC(=O)c2cc(Br)ccc2Cl)cc1. The van der Waals surface area contributed by atoms with Gasteiger partial charge in [-0.25, -0.2) is 13.1 Å². The summed E-state index contributed by atoms with van der Waals surface area (Å²) in [6.45, 7) is 3.65. The Morgan fingerprint density at radius 1 is 1.20 bits per heavy atom. The number of amides is 1. The Bertz CT molecular complexity index is 883. The molecule has 2 rings (SSSR count). The summed E-state index contributed by atoms with van der Waals surface area (Å²) in [5.74, 6) is -0.494. The number of sulfonamides is 1. The van der Waals surface area contributed by atoms with Gasteiger partial charge in [-0.15, -0.1) is 6.58 Å². The maximum absolute atomic E-state index is 12.3. The second-order valence-corrected chi connectivity index (χ2v) is 8.30. The van der Waals surface area contributed by atoms with Gasteiger partial charge in [-0.1, -0.05) is 45.7 Å². The van der Waals surface area contributed by atoms with Crippen LogP contribution in [-0.2, 0) is 15.8 Å². The zero-order chi connectivity index (χ0) is 18.4. The molecule has 0 radical (unpaired) electrons. The van der Waals surface area contributed by atoms with Crippen molar-refractivity contribution in [2.45, 2.75) is 5.75 Å². The smallest absolute Gasteiger partial charge is 0.257 e. The lowest BCUT2D eigenvalue weighted by atomic mass is 10.2. The summed E-state index contributed by atoms with van der Waals surface area (Å²) in [5.41, 5.74) is 1.49. The van der Waals surface area contributed by atoms with E-state index in [1.807, 2.05) is 0 Å². The first-order valence-corrected chi connectivity index (χ1v) is 10.1. The van der Waals surface area contributed by atoms with Crippen LogP contribution >= 0.6 is 27.5 Å². The molecule has 0 aliphatic carbocycles. The highest BCUT2D eigenvalue weighted by Crippen LogP contribution is 2.22. The van der Waals surface area contributed by atoms with Crippen molar-refractivity contribution in [3.05, 3.63) is 75.7 Å². The molecule has 0 saturated carbocycles. The average molecular weight is 444 g/mol. The van der Waals surface area contributed by atoms with Crippen molar-refractivity contribution in [2.75, 3.05) is 11.9 Å². The minimum atomic E-state index is -3.42.